The highest BCUT2D eigenvalue weighted by Crippen LogP contribution is 2.23. The van der Waals surface area contributed by atoms with Crippen LogP contribution in [-0.4, -0.2) is 49.7 Å². The molecule has 0 unspecified atom stereocenters. The third kappa shape index (κ3) is 8.66. The van der Waals surface area contributed by atoms with Gasteiger partial charge < -0.3 is 10.5 Å². The molecule has 2 aromatic rings. The standard InChI is InChI=1S/C23H30N6O5S/c1-2-16-26-23(27-17-25)29(31)22(30)21(10-6-7-15-24)28-35(32,33)20-13-11-19(12-14-20)34-18-8-4-3-5-9-18/h3-5,8-9,11-14,21,28,31H,2,6-7,10,15-16,24H2,1H3,(H,26,27)/t21-/m1/s1. The minimum Gasteiger partial charge on any atom is -0.457 e. The predicted molar refractivity (Wildman–Crippen MR) is 130 cm³/mol. The summed E-state index contributed by atoms with van der Waals surface area (Å²) in [7, 11) is -4.14. The molecule has 11 nitrogen and oxygen atoms in total. The lowest BCUT2D eigenvalue weighted by Crippen LogP contribution is -2.51. The van der Waals surface area contributed by atoms with Crippen molar-refractivity contribution in [1.82, 2.24) is 15.1 Å². The molecule has 35 heavy (non-hydrogen) atoms. The number of ether oxygens (including phenoxy) is 1. The van der Waals surface area contributed by atoms with Gasteiger partial charge >= 0.3 is 0 Å². The van der Waals surface area contributed by atoms with Crippen molar-refractivity contribution in [2.24, 2.45) is 10.7 Å². The van der Waals surface area contributed by atoms with Gasteiger partial charge in [0.25, 0.3) is 5.91 Å². The Morgan fingerprint density at radius 2 is 1.83 bits per heavy atom. The lowest BCUT2D eigenvalue weighted by molar-refractivity contribution is -0.151. The SMILES string of the molecule is CCCN=C(NC#N)N(O)C(=O)[C@@H](CCCCN)NS(=O)(=O)c1ccc(Oc2ccccc2)cc1. The van der Waals surface area contributed by atoms with Crippen molar-refractivity contribution in [3.8, 4) is 17.7 Å². The molecule has 5 N–H and O–H groups in total. The number of unbranched alkanes of at least 4 members (excludes halogenated alkanes) is 1. The van der Waals surface area contributed by atoms with E-state index in [4.69, 9.17) is 15.7 Å². The summed E-state index contributed by atoms with van der Waals surface area (Å²) < 4.78 is 34.0. The third-order valence-corrected chi connectivity index (χ3v) is 6.21. The van der Waals surface area contributed by atoms with E-state index in [2.05, 4.69) is 15.0 Å². The van der Waals surface area contributed by atoms with Crippen LogP contribution in [0.15, 0.2) is 64.5 Å². The Bertz CT molecular complexity index is 1120. The summed E-state index contributed by atoms with van der Waals surface area (Å²) in [4.78, 5) is 16.8. The molecule has 12 heteroatoms. The minimum absolute atomic E-state index is 0.0785. The maximum Gasteiger partial charge on any atom is 0.271 e. The summed E-state index contributed by atoms with van der Waals surface area (Å²) in [6.45, 7) is 2.44. The summed E-state index contributed by atoms with van der Waals surface area (Å²) in [5, 5.41) is 21.6. The van der Waals surface area contributed by atoms with Crippen LogP contribution in [0, 0.1) is 11.5 Å². The van der Waals surface area contributed by atoms with Crippen molar-refractivity contribution >= 4 is 21.9 Å². The number of benzene rings is 2. The average molecular weight is 503 g/mol. The minimum atomic E-state index is -4.14. The van der Waals surface area contributed by atoms with Gasteiger partial charge in [-0.05, 0) is 62.2 Å². The van der Waals surface area contributed by atoms with Crippen LogP contribution in [0.25, 0.3) is 0 Å². The highest BCUT2D eigenvalue weighted by Gasteiger charge is 2.31. The fourth-order valence-corrected chi connectivity index (χ4v) is 4.20. The molecule has 0 fully saturated rings. The van der Waals surface area contributed by atoms with E-state index in [1.165, 1.54) is 24.3 Å². The second kappa shape index (κ2) is 14.0. The fraction of sp³-hybridized carbons (Fsp3) is 0.348. The monoisotopic (exact) mass is 502 g/mol. The Balaban J connectivity index is 2.21. The number of nitrogens with zero attached hydrogens (tertiary/aromatic N) is 3. The van der Waals surface area contributed by atoms with Crippen LogP contribution in [-0.2, 0) is 14.8 Å². The van der Waals surface area contributed by atoms with E-state index >= 15 is 0 Å². The van der Waals surface area contributed by atoms with Gasteiger partial charge in [0.1, 0.15) is 17.5 Å². The van der Waals surface area contributed by atoms with Gasteiger partial charge in [-0.25, -0.2) is 8.42 Å². The quantitative estimate of drug-likeness (QED) is 0.0651. The highest BCUT2D eigenvalue weighted by atomic mass is 32.2. The van der Waals surface area contributed by atoms with E-state index in [0.29, 0.717) is 37.3 Å². The molecule has 1 amide bonds. The molecule has 0 aliphatic heterocycles. The number of carbonyl (C=O) groups is 1. The maximum absolute atomic E-state index is 13.0. The summed E-state index contributed by atoms with van der Waals surface area (Å²) in [5.41, 5.74) is 5.52. The molecule has 0 aliphatic rings. The van der Waals surface area contributed by atoms with Crippen LogP contribution < -0.4 is 20.5 Å². The van der Waals surface area contributed by atoms with Gasteiger partial charge in [0, 0.05) is 6.54 Å². The Hall–Kier alpha value is -3.50. The molecule has 0 bridgehead atoms. The van der Waals surface area contributed by atoms with Crippen molar-refractivity contribution < 1.29 is 23.2 Å². The number of amides is 1. The van der Waals surface area contributed by atoms with Gasteiger partial charge in [0.05, 0.1) is 4.90 Å². The van der Waals surface area contributed by atoms with Crippen LogP contribution in [0.5, 0.6) is 11.5 Å². The number of rotatable bonds is 12. The largest absolute Gasteiger partial charge is 0.457 e. The molecule has 1 atom stereocenters. The van der Waals surface area contributed by atoms with Crippen LogP contribution >= 0.6 is 0 Å². The average Bonchev–Trinajstić information content (AvgIpc) is 2.86. The number of sulfonamides is 1. The number of nitrogens with two attached hydrogens (primary N) is 1. The number of hydroxylamine groups is 2. The zero-order valence-electron chi connectivity index (χ0n) is 19.4. The molecule has 0 saturated heterocycles. The molecular formula is C23H30N6O5S. The fourth-order valence-electron chi connectivity index (χ4n) is 2.97. The number of hydrogen-bond donors (Lipinski definition) is 4. The van der Waals surface area contributed by atoms with E-state index in [1.807, 2.05) is 25.1 Å². The van der Waals surface area contributed by atoms with Gasteiger partial charge in [0.15, 0.2) is 6.19 Å². The molecule has 0 spiro atoms. The van der Waals surface area contributed by atoms with Gasteiger partial charge in [-0.3, -0.25) is 20.3 Å². The van der Waals surface area contributed by atoms with Gasteiger partial charge in [-0.2, -0.15) is 15.0 Å². The number of aliphatic imine (C=N–C) groups is 1. The number of guanidine groups is 1. The second-order valence-electron chi connectivity index (χ2n) is 7.44. The number of nitriles is 1. The van der Waals surface area contributed by atoms with Gasteiger partial charge in [-0.1, -0.05) is 31.5 Å². The molecule has 0 heterocycles. The Morgan fingerprint density at radius 3 is 2.43 bits per heavy atom. The molecule has 0 radical (unpaired) electrons. The van der Waals surface area contributed by atoms with Crippen molar-refractivity contribution in [2.75, 3.05) is 13.1 Å². The molecule has 0 aromatic heterocycles. The molecule has 2 aromatic carbocycles. The Labute approximate surface area is 205 Å². The number of carbonyl (C=O) groups excluding carboxylic acids is 1. The first-order valence-corrected chi connectivity index (χ1v) is 12.6. The lowest BCUT2D eigenvalue weighted by atomic mass is 10.1. The second-order valence-corrected chi connectivity index (χ2v) is 9.15. The first kappa shape index (κ1) is 27.7. The summed E-state index contributed by atoms with van der Waals surface area (Å²) >= 11 is 0. The third-order valence-electron chi connectivity index (χ3n) is 4.72. The topological polar surface area (TPSA) is 170 Å². The molecule has 0 saturated carbocycles. The number of hydrogen-bond acceptors (Lipinski definition) is 8. The molecule has 188 valence electrons. The number of para-hydroxylation sites is 1. The van der Waals surface area contributed by atoms with E-state index in [0.717, 1.165) is 0 Å². The Kier molecular flexibility index (Phi) is 11.1. The zero-order chi connectivity index (χ0) is 25.7. The normalized spacial score (nSPS) is 12.5. The summed E-state index contributed by atoms with van der Waals surface area (Å²) in [5.74, 6) is -0.329. The van der Waals surface area contributed by atoms with Crippen molar-refractivity contribution in [2.45, 2.75) is 43.5 Å². The van der Waals surface area contributed by atoms with E-state index in [1.54, 1.807) is 18.3 Å². The maximum atomic E-state index is 13.0. The first-order chi connectivity index (χ1) is 16.8. The van der Waals surface area contributed by atoms with Gasteiger partial charge in [-0.15, -0.1) is 0 Å². The first-order valence-electron chi connectivity index (χ1n) is 11.1. The molecular weight excluding hydrogens is 472 g/mol. The van der Waals surface area contributed by atoms with Crippen LogP contribution in [0.1, 0.15) is 32.6 Å². The smallest absolute Gasteiger partial charge is 0.271 e. The van der Waals surface area contributed by atoms with Crippen molar-refractivity contribution in [1.29, 1.82) is 5.26 Å². The van der Waals surface area contributed by atoms with E-state index in [9.17, 15) is 18.4 Å². The highest BCUT2D eigenvalue weighted by molar-refractivity contribution is 7.89. The lowest BCUT2D eigenvalue weighted by Gasteiger charge is -2.23. The van der Waals surface area contributed by atoms with E-state index in [-0.39, 0.29) is 28.9 Å². The van der Waals surface area contributed by atoms with E-state index < -0.39 is 22.0 Å². The summed E-state index contributed by atoms with van der Waals surface area (Å²) in [6.07, 6.45) is 3.27. The van der Waals surface area contributed by atoms with Crippen molar-refractivity contribution in [3.05, 3.63) is 54.6 Å². The van der Waals surface area contributed by atoms with Crippen molar-refractivity contribution in [3.63, 3.8) is 0 Å². The molecule has 2 rings (SSSR count). The Morgan fingerprint density at radius 1 is 1.17 bits per heavy atom. The molecule has 0 aliphatic carbocycles. The number of nitrogens with one attached hydrogen (secondary N) is 2. The van der Waals surface area contributed by atoms with Crippen LogP contribution in [0.4, 0.5) is 0 Å². The van der Waals surface area contributed by atoms with Crippen LogP contribution in [0.2, 0.25) is 0 Å². The van der Waals surface area contributed by atoms with Gasteiger partial charge in [0.2, 0.25) is 16.0 Å². The predicted octanol–water partition coefficient (Wildman–Crippen LogP) is 2.31. The summed E-state index contributed by atoms with van der Waals surface area (Å²) in [6, 6.07) is 13.4. The van der Waals surface area contributed by atoms with Crippen LogP contribution in [0.3, 0.4) is 0 Å². The zero-order valence-corrected chi connectivity index (χ0v) is 20.2.